The van der Waals surface area contributed by atoms with Crippen molar-refractivity contribution in [3.63, 3.8) is 0 Å². The first-order chi connectivity index (χ1) is 10.4. The van der Waals surface area contributed by atoms with Crippen molar-refractivity contribution in [3.8, 4) is 0 Å². The standard InChI is InChI=1S/C12H14F8O4/c1-5(7(21)22)3-9(13,14)11(17,18)12(19,20)10(15,16)4-6(2)8(23)24/h5-6H,3-4H2,1-2H3,(H,21,22)(H,23,24). The number of carboxylic acid groups (broad SMARTS) is 2. The Morgan fingerprint density at radius 3 is 1.08 bits per heavy atom. The zero-order chi connectivity index (χ0) is 19.7. The predicted molar refractivity (Wildman–Crippen MR) is 62.6 cm³/mol. The predicted octanol–water partition coefficient (Wildman–Crippen LogP) is 3.75. The molecule has 0 rings (SSSR count). The van der Waals surface area contributed by atoms with Crippen molar-refractivity contribution in [2.75, 3.05) is 0 Å². The molecular weight excluding hydrogens is 360 g/mol. The highest BCUT2D eigenvalue weighted by Gasteiger charge is 2.80. The van der Waals surface area contributed by atoms with Gasteiger partial charge in [-0.3, -0.25) is 9.59 Å². The van der Waals surface area contributed by atoms with Gasteiger partial charge in [-0.05, 0) is 0 Å². The maximum absolute atomic E-state index is 13.4. The second kappa shape index (κ2) is 6.71. The van der Waals surface area contributed by atoms with E-state index < -0.39 is 60.3 Å². The van der Waals surface area contributed by atoms with Crippen LogP contribution in [0.15, 0.2) is 0 Å². The third-order valence-electron chi connectivity index (χ3n) is 3.28. The number of hydrogen-bond donors (Lipinski definition) is 2. The number of hydrogen-bond acceptors (Lipinski definition) is 2. The van der Waals surface area contributed by atoms with E-state index in [1.54, 1.807) is 0 Å². The third kappa shape index (κ3) is 4.07. The minimum Gasteiger partial charge on any atom is -0.481 e. The largest absolute Gasteiger partial charge is 0.481 e. The van der Waals surface area contributed by atoms with Crippen molar-refractivity contribution in [2.45, 2.75) is 50.4 Å². The molecule has 2 atom stereocenters. The van der Waals surface area contributed by atoms with Gasteiger partial charge in [0.2, 0.25) is 0 Å². The molecule has 0 aliphatic rings. The molecule has 0 radical (unpaired) electrons. The van der Waals surface area contributed by atoms with Crippen molar-refractivity contribution in [2.24, 2.45) is 11.8 Å². The molecule has 142 valence electrons. The topological polar surface area (TPSA) is 74.6 Å². The maximum Gasteiger partial charge on any atom is 0.378 e. The fraction of sp³-hybridized carbons (Fsp3) is 0.833. The van der Waals surface area contributed by atoms with E-state index in [1.165, 1.54) is 0 Å². The summed E-state index contributed by atoms with van der Waals surface area (Å²) in [6.45, 7) is 1.02. The molecular formula is C12H14F8O4. The second-order valence-corrected chi connectivity index (χ2v) is 5.44. The van der Waals surface area contributed by atoms with Crippen molar-refractivity contribution in [1.29, 1.82) is 0 Å². The highest BCUT2D eigenvalue weighted by Crippen LogP contribution is 2.55. The number of carboxylic acids is 2. The van der Waals surface area contributed by atoms with Gasteiger partial charge in [0.25, 0.3) is 0 Å². The van der Waals surface area contributed by atoms with Crippen LogP contribution in [0.5, 0.6) is 0 Å². The first kappa shape index (κ1) is 22.4. The molecule has 0 fully saturated rings. The molecule has 0 aliphatic carbocycles. The van der Waals surface area contributed by atoms with E-state index in [-0.39, 0.29) is 0 Å². The lowest BCUT2D eigenvalue weighted by molar-refractivity contribution is -0.370. The summed E-state index contributed by atoms with van der Waals surface area (Å²) in [5.74, 6) is -33.2. The zero-order valence-corrected chi connectivity index (χ0v) is 12.3. The smallest absolute Gasteiger partial charge is 0.378 e. The first-order valence-electron chi connectivity index (χ1n) is 6.37. The molecule has 0 aromatic heterocycles. The summed E-state index contributed by atoms with van der Waals surface area (Å²) in [4.78, 5) is 20.8. The van der Waals surface area contributed by atoms with E-state index in [4.69, 9.17) is 10.2 Å². The molecule has 4 nitrogen and oxygen atoms in total. The van der Waals surface area contributed by atoms with Gasteiger partial charge in [-0.15, -0.1) is 0 Å². The molecule has 0 aromatic rings. The quantitative estimate of drug-likeness (QED) is 0.603. The van der Waals surface area contributed by atoms with E-state index in [0.29, 0.717) is 13.8 Å². The SMILES string of the molecule is CC(CC(F)(F)C(F)(F)C(F)(F)C(F)(F)CC(C)C(=O)O)C(=O)O. The van der Waals surface area contributed by atoms with Gasteiger partial charge in [-0.25, -0.2) is 0 Å². The molecule has 0 amide bonds. The molecule has 0 saturated carbocycles. The van der Waals surface area contributed by atoms with E-state index in [2.05, 4.69) is 0 Å². The Balaban J connectivity index is 5.70. The van der Waals surface area contributed by atoms with E-state index in [9.17, 15) is 44.7 Å². The Morgan fingerprint density at radius 2 is 0.917 bits per heavy atom. The van der Waals surface area contributed by atoms with Gasteiger partial charge < -0.3 is 10.2 Å². The lowest BCUT2D eigenvalue weighted by Crippen LogP contribution is -2.63. The Labute approximate surface area is 130 Å². The highest BCUT2D eigenvalue weighted by molar-refractivity contribution is 5.70. The Hall–Kier alpha value is -1.62. The average molecular weight is 374 g/mol. The molecule has 0 saturated heterocycles. The van der Waals surface area contributed by atoms with Crippen molar-refractivity contribution < 1.29 is 54.9 Å². The van der Waals surface area contributed by atoms with Crippen LogP contribution in [-0.2, 0) is 9.59 Å². The molecule has 0 aliphatic heterocycles. The molecule has 0 heterocycles. The fourth-order valence-electron chi connectivity index (χ4n) is 1.66. The van der Waals surface area contributed by atoms with Gasteiger partial charge in [0.1, 0.15) is 0 Å². The Kier molecular flexibility index (Phi) is 6.26. The highest BCUT2D eigenvalue weighted by atomic mass is 19.4. The summed E-state index contributed by atoms with van der Waals surface area (Å²) >= 11 is 0. The van der Waals surface area contributed by atoms with Crippen LogP contribution >= 0.6 is 0 Å². The Bertz CT molecular complexity index is 447. The van der Waals surface area contributed by atoms with Gasteiger partial charge in [0.05, 0.1) is 11.8 Å². The molecule has 2 unspecified atom stereocenters. The number of rotatable bonds is 9. The van der Waals surface area contributed by atoms with Crippen LogP contribution in [0.2, 0.25) is 0 Å². The van der Waals surface area contributed by atoms with Gasteiger partial charge in [-0.1, -0.05) is 13.8 Å². The fourth-order valence-corrected chi connectivity index (χ4v) is 1.66. The average Bonchev–Trinajstić information content (AvgIpc) is 2.36. The van der Waals surface area contributed by atoms with E-state index in [0.717, 1.165) is 0 Å². The lowest BCUT2D eigenvalue weighted by atomic mass is 9.88. The molecule has 12 heteroatoms. The second-order valence-electron chi connectivity index (χ2n) is 5.44. The van der Waals surface area contributed by atoms with E-state index in [1.807, 2.05) is 0 Å². The number of aliphatic carboxylic acids is 2. The number of alkyl halides is 8. The number of carbonyl (C=O) groups is 2. The summed E-state index contributed by atoms with van der Waals surface area (Å²) in [6.07, 6.45) is -4.62. The number of halogens is 8. The summed E-state index contributed by atoms with van der Waals surface area (Å²) in [5, 5.41) is 16.7. The van der Waals surface area contributed by atoms with Crippen LogP contribution in [0.25, 0.3) is 0 Å². The van der Waals surface area contributed by atoms with Gasteiger partial charge in [0.15, 0.2) is 0 Å². The van der Waals surface area contributed by atoms with Crippen molar-refractivity contribution in [1.82, 2.24) is 0 Å². The Morgan fingerprint density at radius 1 is 0.708 bits per heavy atom. The molecule has 2 N–H and O–H groups in total. The summed E-state index contributed by atoms with van der Waals surface area (Å²) in [7, 11) is 0. The molecule has 0 bridgehead atoms. The third-order valence-corrected chi connectivity index (χ3v) is 3.28. The lowest BCUT2D eigenvalue weighted by Gasteiger charge is -2.37. The normalized spacial score (nSPS) is 16.6. The van der Waals surface area contributed by atoms with Crippen LogP contribution < -0.4 is 0 Å². The summed E-state index contributed by atoms with van der Waals surface area (Å²) in [6, 6.07) is 0. The minimum absolute atomic E-state index is 0.509. The molecule has 0 aromatic carbocycles. The maximum atomic E-state index is 13.4. The van der Waals surface area contributed by atoms with Crippen LogP contribution in [-0.4, -0.2) is 45.8 Å². The van der Waals surface area contributed by atoms with Crippen molar-refractivity contribution >= 4 is 11.9 Å². The summed E-state index contributed by atoms with van der Waals surface area (Å²) < 4.78 is 107. The molecule has 24 heavy (non-hydrogen) atoms. The minimum atomic E-state index is -6.61. The van der Waals surface area contributed by atoms with Gasteiger partial charge >= 0.3 is 35.6 Å². The molecule has 0 spiro atoms. The zero-order valence-electron chi connectivity index (χ0n) is 12.3. The monoisotopic (exact) mass is 374 g/mol. The summed E-state index contributed by atoms with van der Waals surface area (Å²) in [5.41, 5.74) is 0. The van der Waals surface area contributed by atoms with Gasteiger partial charge in [0, 0.05) is 12.8 Å². The van der Waals surface area contributed by atoms with Crippen LogP contribution in [0.3, 0.4) is 0 Å². The first-order valence-corrected chi connectivity index (χ1v) is 6.37. The van der Waals surface area contributed by atoms with Crippen molar-refractivity contribution in [3.05, 3.63) is 0 Å². The van der Waals surface area contributed by atoms with Crippen LogP contribution in [0, 0.1) is 11.8 Å². The van der Waals surface area contributed by atoms with E-state index >= 15 is 0 Å². The van der Waals surface area contributed by atoms with Crippen LogP contribution in [0.1, 0.15) is 26.7 Å². The van der Waals surface area contributed by atoms with Gasteiger partial charge in [-0.2, -0.15) is 35.1 Å². The van der Waals surface area contributed by atoms with Crippen LogP contribution in [0.4, 0.5) is 35.1 Å².